The van der Waals surface area contributed by atoms with Gasteiger partial charge in [-0.15, -0.1) is 0 Å². The van der Waals surface area contributed by atoms with Gasteiger partial charge in [0.15, 0.2) is 0 Å². The van der Waals surface area contributed by atoms with Gasteiger partial charge in [-0.3, -0.25) is 4.79 Å². The largest absolute Gasteiger partial charge is 0.396 e. The van der Waals surface area contributed by atoms with Crippen molar-refractivity contribution in [3.8, 4) is 0 Å². The fourth-order valence-electron chi connectivity index (χ4n) is 3.15. The average Bonchev–Trinajstić information content (AvgIpc) is 2.85. The lowest BCUT2D eigenvalue weighted by molar-refractivity contribution is -0.122. The van der Waals surface area contributed by atoms with E-state index < -0.39 is 0 Å². The lowest BCUT2D eigenvalue weighted by Crippen LogP contribution is -2.33. The maximum absolute atomic E-state index is 11.9. The molecule has 1 aliphatic heterocycles. The first-order valence-electron chi connectivity index (χ1n) is 7.25. The highest BCUT2D eigenvalue weighted by molar-refractivity contribution is 7.99. The molecular weight excluding hydrogens is 246 g/mol. The first-order chi connectivity index (χ1) is 8.79. The number of nitrogens with one attached hydrogen (secondary N) is 1. The number of thioether (sulfide) groups is 1. The Hall–Kier alpha value is -0.220. The van der Waals surface area contributed by atoms with Gasteiger partial charge in [-0.25, -0.2) is 0 Å². The minimum Gasteiger partial charge on any atom is -0.396 e. The predicted molar refractivity (Wildman–Crippen MR) is 75.6 cm³/mol. The van der Waals surface area contributed by atoms with Crippen molar-refractivity contribution < 1.29 is 9.90 Å². The summed E-state index contributed by atoms with van der Waals surface area (Å²) in [5.74, 6) is 4.16. The quantitative estimate of drug-likeness (QED) is 0.804. The number of amides is 1. The van der Waals surface area contributed by atoms with Crippen LogP contribution in [0.3, 0.4) is 0 Å². The molecule has 0 bridgehead atoms. The van der Waals surface area contributed by atoms with Gasteiger partial charge in [0.05, 0.1) is 0 Å². The highest BCUT2D eigenvalue weighted by atomic mass is 32.2. The van der Waals surface area contributed by atoms with Crippen molar-refractivity contribution in [2.24, 2.45) is 17.8 Å². The number of carbonyl (C=O) groups is 1. The lowest BCUT2D eigenvalue weighted by Gasteiger charge is -2.22. The molecule has 0 aromatic carbocycles. The molecule has 1 aliphatic carbocycles. The molecule has 0 aromatic rings. The second-order valence-corrected chi connectivity index (χ2v) is 6.92. The van der Waals surface area contributed by atoms with Gasteiger partial charge in [-0.05, 0) is 54.9 Å². The molecule has 2 N–H and O–H groups in total. The van der Waals surface area contributed by atoms with Crippen molar-refractivity contribution in [1.82, 2.24) is 5.32 Å². The van der Waals surface area contributed by atoms with Crippen LogP contribution in [-0.2, 0) is 4.79 Å². The summed E-state index contributed by atoms with van der Waals surface area (Å²) in [7, 11) is 0. The molecule has 2 unspecified atom stereocenters. The van der Waals surface area contributed by atoms with Crippen molar-refractivity contribution in [1.29, 1.82) is 0 Å². The summed E-state index contributed by atoms with van der Waals surface area (Å²) in [6.45, 7) is 1.05. The fraction of sp³-hybridized carbons (Fsp3) is 0.929. The topological polar surface area (TPSA) is 49.3 Å². The number of hydrogen-bond acceptors (Lipinski definition) is 3. The van der Waals surface area contributed by atoms with E-state index in [0.29, 0.717) is 24.2 Å². The van der Waals surface area contributed by atoms with Crippen LogP contribution in [0.5, 0.6) is 0 Å². The second kappa shape index (κ2) is 7.39. The molecule has 1 heterocycles. The SMILES string of the molecule is O=C(CC1CCSCC1)NCC1CCCC1CO. The highest BCUT2D eigenvalue weighted by Crippen LogP contribution is 2.30. The molecule has 2 rings (SSSR count). The maximum Gasteiger partial charge on any atom is 0.220 e. The van der Waals surface area contributed by atoms with Crippen LogP contribution >= 0.6 is 11.8 Å². The third kappa shape index (κ3) is 4.16. The molecule has 2 fully saturated rings. The minimum atomic E-state index is 0.218. The standard InChI is InChI=1S/C14H25NO2S/c16-10-13-3-1-2-12(13)9-15-14(17)8-11-4-6-18-7-5-11/h11-13,16H,1-10H2,(H,15,17). The Bertz CT molecular complexity index is 267. The van der Waals surface area contributed by atoms with Crippen LogP contribution in [0.4, 0.5) is 0 Å². The monoisotopic (exact) mass is 271 g/mol. The van der Waals surface area contributed by atoms with Gasteiger partial charge >= 0.3 is 0 Å². The van der Waals surface area contributed by atoms with Crippen molar-refractivity contribution in [2.45, 2.75) is 38.5 Å². The molecule has 104 valence electrons. The Morgan fingerprint density at radius 1 is 1.17 bits per heavy atom. The Morgan fingerprint density at radius 3 is 2.61 bits per heavy atom. The van der Waals surface area contributed by atoms with Gasteiger partial charge in [0, 0.05) is 19.6 Å². The Kier molecular flexibility index (Phi) is 5.83. The van der Waals surface area contributed by atoms with E-state index in [2.05, 4.69) is 5.32 Å². The summed E-state index contributed by atoms with van der Waals surface area (Å²) >= 11 is 2.00. The number of aliphatic hydroxyl groups excluding tert-OH is 1. The summed E-state index contributed by atoms with van der Waals surface area (Å²) in [6.07, 6.45) is 6.58. The molecule has 1 amide bonds. The van der Waals surface area contributed by atoms with Gasteiger partial charge in [0.2, 0.25) is 5.91 Å². The first-order valence-corrected chi connectivity index (χ1v) is 8.40. The van der Waals surface area contributed by atoms with Gasteiger partial charge in [0.1, 0.15) is 0 Å². The van der Waals surface area contributed by atoms with E-state index in [1.54, 1.807) is 0 Å². The van der Waals surface area contributed by atoms with Crippen LogP contribution in [0.1, 0.15) is 38.5 Å². The molecular formula is C14H25NO2S. The number of carbonyl (C=O) groups excluding carboxylic acids is 1. The third-order valence-corrected chi connectivity index (χ3v) is 5.48. The minimum absolute atomic E-state index is 0.218. The summed E-state index contributed by atoms with van der Waals surface area (Å²) < 4.78 is 0. The van der Waals surface area contributed by atoms with Crippen LogP contribution in [0.15, 0.2) is 0 Å². The van der Waals surface area contributed by atoms with Crippen LogP contribution in [0.25, 0.3) is 0 Å². The molecule has 0 radical (unpaired) electrons. The van der Waals surface area contributed by atoms with Crippen LogP contribution in [-0.4, -0.2) is 35.7 Å². The van der Waals surface area contributed by atoms with Crippen molar-refractivity contribution >= 4 is 17.7 Å². The normalized spacial score (nSPS) is 29.4. The van der Waals surface area contributed by atoms with Crippen molar-refractivity contribution in [2.75, 3.05) is 24.7 Å². The van der Waals surface area contributed by atoms with E-state index in [1.807, 2.05) is 11.8 Å². The summed E-state index contributed by atoms with van der Waals surface area (Å²) in [4.78, 5) is 11.9. The average molecular weight is 271 g/mol. The molecule has 2 atom stereocenters. The van der Waals surface area contributed by atoms with Gasteiger partial charge < -0.3 is 10.4 Å². The number of rotatable bonds is 5. The Labute approximate surface area is 114 Å². The second-order valence-electron chi connectivity index (χ2n) is 5.70. The molecule has 4 heteroatoms. The zero-order valence-corrected chi connectivity index (χ0v) is 11.9. The van der Waals surface area contributed by atoms with Crippen molar-refractivity contribution in [3.63, 3.8) is 0 Å². The van der Waals surface area contributed by atoms with Gasteiger partial charge in [0.25, 0.3) is 0 Å². The summed E-state index contributed by atoms with van der Waals surface area (Å²) in [6, 6.07) is 0. The van der Waals surface area contributed by atoms with Gasteiger partial charge in [-0.2, -0.15) is 11.8 Å². The van der Waals surface area contributed by atoms with E-state index in [4.69, 9.17) is 0 Å². The van der Waals surface area contributed by atoms with E-state index in [9.17, 15) is 9.90 Å². The van der Waals surface area contributed by atoms with Gasteiger partial charge in [-0.1, -0.05) is 6.42 Å². The fourth-order valence-corrected chi connectivity index (χ4v) is 4.36. The molecule has 1 saturated carbocycles. The molecule has 0 aromatic heterocycles. The lowest BCUT2D eigenvalue weighted by atomic mass is 9.96. The van der Waals surface area contributed by atoms with E-state index in [-0.39, 0.29) is 12.5 Å². The zero-order valence-electron chi connectivity index (χ0n) is 11.1. The summed E-state index contributed by atoms with van der Waals surface area (Å²) in [5.41, 5.74) is 0. The smallest absolute Gasteiger partial charge is 0.220 e. The maximum atomic E-state index is 11.9. The van der Waals surface area contributed by atoms with E-state index in [1.165, 1.54) is 30.8 Å². The van der Waals surface area contributed by atoms with Crippen LogP contribution < -0.4 is 5.32 Å². The van der Waals surface area contributed by atoms with Crippen LogP contribution in [0.2, 0.25) is 0 Å². The molecule has 3 nitrogen and oxygen atoms in total. The molecule has 1 saturated heterocycles. The first kappa shape index (κ1) is 14.2. The third-order valence-electron chi connectivity index (χ3n) is 4.43. The summed E-state index contributed by atoms with van der Waals surface area (Å²) in [5, 5.41) is 12.3. The van der Waals surface area contributed by atoms with E-state index in [0.717, 1.165) is 19.4 Å². The van der Waals surface area contributed by atoms with E-state index >= 15 is 0 Å². The molecule has 0 spiro atoms. The van der Waals surface area contributed by atoms with Crippen molar-refractivity contribution in [3.05, 3.63) is 0 Å². The zero-order chi connectivity index (χ0) is 12.8. The Morgan fingerprint density at radius 2 is 1.89 bits per heavy atom. The number of hydrogen-bond donors (Lipinski definition) is 2. The number of aliphatic hydroxyl groups is 1. The molecule has 2 aliphatic rings. The van der Waals surface area contributed by atoms with Crippen LogP contribution in [0, 0.1) is 17.8 Å². The highest BCUT2D eigenvalue weighted by Gasteiger charge is 2.27. The Balaban J connectivity index is 1.64. The predicted octanol–water partition coefficient (Wildman–Crippen LogP) is 2.04. The molecule has 18 heavy (non-hydrogen) atoms.